The lowest BCUT2D eigenvalue weighted by molar-refractivity contribution is 0.0734. The van der Waals surface area contributed by atoms with Crippen molar-refractivity contribution in [1.29, 1.82) is 0 Å². The molecule has 172 valence electrons. The normalized spacial score (nSPS) is 11.1. The van der Waals surface area contributed by atoms with Crippen molar-refractivity contribution >= 4 is 38.9 Å². The van der Waals surface area contributed by atoms with Gasteiger partial charge in [-0.2, -0.15) is 12.7 Å². The van der Waals surface area contributed by atoms with Crippen molar-refractivity contribution in [2.24, 2.45) is 0 Å². The maximum atomic E-state index is 13.4. The summed E-state index contributed by atoms with van der Waals surface area (Å²) in [5, 5.41) is 1.63. The lowest BCUT2D eigenvalue weighted by Crippen LogP contribution is -2.36. The molecule has 0 saturated heterocycles. The first-order valence-electron chi connectivity index (χ1n) is 10.3. The van der Waals surface area contributed by atoms with E-state index in [2.05, 4.69) is 0 Å². The van der Waals surface area contributed by atoms with E-state index >= 15 is 0 Å². The topological polar surface area (TPSA) is 80.8 Å². The summed E-state index contributed by atoms with van der Waals surface area (Å²) in [4.78, 5) is 25.7. The summed E-state index contributed by atoms with van der Waals surface area (Å²) in [6.45, 7) is 3.80. The van der Waals surface area contributed by atoms with Crippen LogP contribution >= 0.6 is 11.3 Å². The van der Waals surface area contributed by atoms with E-state index in [1.54, 1.807) is 47.8 Å². The highest BCUT2D eigenvalue weighted by molar-refractivity contribution is 7.95. The Morgan fingerprint density at radius 3 is 1.85 bits per heavy atom. The van der Waals surface area contributed by atoms with E-state index in [1.807, 2.05) is 26.0 Å². The molecule has 0 spiro atoms. The summed E-state index contributed by atoms with van der Waals surface area (Å²) in [7, 11) is -4.16. The number of hydrogen-bond acceptors (Lipinski definition) is 6. The van der Waals surface area contributed by atoms with Crippen LogP contribution in [0.2, 0.25) is 0 Å². The summed E-state index contributed by atoms with van der Waals surface area (Å²) < 4.78 is 33.0. The number of esters is 1. The molecule has 3 aromatic carbocycles. The number of benzene rings is 3. The van der Waals surface area contributed by atoms with Crippen LogP contribution in [0.3, 0.4) is 0 Å². The lowest BCUT2D eigenvalue weighted by Gasteiger charge is -2.22. The lowest BCUT2D eigenvalue weighted by atomic mass is 10.1. The average molecular weight is 492 g/mol. The summed E-state index contributed by atoms with van der Waals surface area (Å²) in [6, 6.07) is 22.5. The predicted molar refractivity (Wildman–Crippen MR) is 132 cm³/mol. The van der Waals surface area contributed by atoms with Crippen molar-refractivity contribution in [3.8, 4) is 5.75 Å². The van der Waals surface area contributed by atoms with Crippen molar-refractivity contribution in [2.75, 3.05) is 4.31 Å². The van der Waals surface area contributed by atoms with Gasteiger partial charge in [0.2, 0.25) is 0 Å². The van der Waals surface area contributed by atoms with Gasteiger partial charge in [0.1, 0.15) is 9.96 Å². The molecule has 0 saturated carbocycles. The van der Waals surface area contributed by atoms with E-state index in [-0.39, 0.29) is 21.2 Å². The van der Waals surface area contributed by atoms with Gasteiger partial charge < -0.3 is 4.74 Å². The zero-order valence-electron chi connectivity index (χ0n) is 18.5. The molecule has 0 aliphatic rings. The number of thiophene rings is 1. The Bertz CT molecular complexity index is 1410. The van der Waals surface area contributed by atoms with Crippen LogP contribution in [-0.4, -0.2) is 20.3 Å². The molecule has 0 bridgehead atoms. The van der Waals surface area contributed by atoms with Crippen LogP contribution in [0.1, 0.15) is 31.8 Å². The van der Waals surface area contributed by atoms with Gasteiger partial charge in [0.15, 0.2) is 0 Å². The van der Waals surface area contributed by atoms with Crippen molar-refractivity contribution in [3.63, 3.8) is 0 Å². The molecule has 1 amide bonds. The Morgan fingerprint density at radius 1 is 0.765 bits per heavy atom. The fourth-order valence-electron chi connectivity index (χ4n) is 3.18. The minimum atomic E-state index is -4.16. The standard InChI is InChI=1S/C26H21NO5S2/c1-18-5-9-20(10-6-18)25(28)27(34(30,31)24-4-3-17-33-24)22-13-15-23(16-14-22)32-26(29)21-11-7-19(2)8-12-21/h3-17H,1-2H3. The monoisotopic (exact) mass is 491 g/mol. The molecule has 0 N–H and O–H groups in total. The fraction of sp³-hybridized carbons (Fsp3) is 0.0769. The summed E-state index contributed by atoms with van der Waals surface area (Å²) in [6.07, 6.45) is 0. The Morgan fingerprint density at radius 2 is 1.32 bits per heavy atom. The van der Waals surface area contributed by atoms with Crippen LogP contribution in [0.15, 0.2) is 94.5 Å². The first-order chi connectivity index (χ1) is 16.3. The molecule has 1 aromatic heterocycles. The van der Waals surface area contributed by atoms with Gasteiger partial charge in [0.05, 0.1) is 11.3 Å². The Balaban J connectivity index is 1.66. The van der Waals surface area contributed by atoms with E-state index in [9.17, 15) is 18.0 Å². The van der Waals surface area contributed by atoms with Crippen LogP contribution in [0.5, 0.6) is 5.75 Å². The maximum absolute atomic E-state index is 13.4. The zero-order chi connectivity index (χ0) is 24.3. The average Bonchev–Trinajstić information content (AvgIpc) is 3.37. The summed E-state index contributed by atoms with van der Waals surface area (Å²) >= 11 is 1.03. The highest BCUT2D eigenvalue weighted by Gasteiger charge is 2.32. The number of ether oxygens (including phenoxy) is 1. The van der Waals surface area contributed by atoms with Gasteiger partial charge in [0, 0.05) is 5.56 Å². The molecular formula is C26H21NO5S2. The third-order valence-corrected chi connectivity index (χ3v) is 8.13. The summed E-state index contributed by atoms with van der Waals surface area (Å²) in [5.74, 6) is -0.991. The second-order valence-corrected chi connectivity index (χ2v) is 10.6. The highest BCUT2D eigenvalue weighted by atomic mass is 32.2. The van der Waals surface area contributed by atoms with Crippen molar-refractivity contribution in [2.45, 2.75) is 18.1 Å². The Labute approximate surface area is 202 Å². The number of sulfonamides is 1. The van der Waals surface area contributed by atoms with Gasteiger partial charge in [-0.1, -0.05) is 41.5 Å². The number of anilines is 1. The zero-order valence-corrected chi connectivity index (χ0v) is 20.1. The second-order valence-electron chi connectivity index (χ2n) is 7.62. The number of amides is 1. The van der Waals surface area contributed by atoms with Crippen LogP contribution < -0.4 is 9.04 Å². The highest BCUT2D eigenvalue weighted by Crippen LogP contribution is 2.30. The maximum Gasteiger partial charge on any atom is 0.343 e. The molecule has 0 aliphatic heterocycles. The van der Waals surface area contributed by atoms with E-state index < -0.39 is 21.9 Å². The quantitative estimate of drug-likeness (QED) is 0.258. The minimum Gasteiger partial charge on any atom is -0.423 e. The molecule has 8 heteroatoms. The molecular weight excluding hydrogens is 470 g/mol. The largest absolute Gasteiger partial charge is 0.423 e. The van der Waals surface area contributed by atoms with Gasteiger partial charge in [-0.05, 0) is 73.8 Å². The molecule has 1 heterocycles. The van der Waals surface area contributed by atoms with Gasteiger partial charge in [-0.25, -0.2) is 4.79 Å². The third kappa shape index (κ3) is 4.93. The molecule has 4 rings (SSSR count). The van der Waals surface area contributed by atoms with E-state index in [1.165, 1.54) is 30.3 Å². The van der Waals surface area contributed by atoms with Gasteiger partial charge >= 0.3 is 5.97 Å². The number of hydrogen-bond donors (Lipinski definition) is 0. The number of aryl methyl sites for hydroxylation is 2. The third-order valence-electron chi connectivity index (χ3n) is 5.04. The van der Waals surface area contributed by atoms with Gasteiger partial charge in [0.25, 0.3) is 15.9 Å². The molecule has 4 aromatic rings. The smallest absolute Gasteiger partial charge is 0.343 e. The van der Waals surface area contributed by atoms with E-state index in [0.29, 0.717) is 5.56 Å². The number of carbonyl (C=O) groups is 2. The van der Waals surface area contributed by atoms with Crippen LogP contribution in [-0.2, 0) is 10.0 Å². The van der Waals surface area contributed by atoms with Gasteiger partial charge in [-0.3, -0.25) is 4.79 Å². The number of rotatable bonds is 6. The number of carbonyl (C=O) groups excluding carboxylic acids is 2. The molecule has 34 heavy (non-hydrogen) atoms. The molecule has 0 fully saturated rings. The first kappa shape index (κ1) is 23.4. The van der Waals surface area contributed by atoms with Gasteiger partial charge in [-0.15, -0.1) is 11.3 Å². The molecule has 6 nitrogen and oxygen atoms in total. The second kappa shape index (κ2) is 9.62. The van der Waals surface area contributed by atoms with Crippen molar-refractivity contribution < 1.29 is 22.7 Å². The molecule has 0 atom stereocenters. The fourth-order valence-corrected chi connectivity index (χ4v) is 5.66. The molecule has 0 aliphatic carbocycles. The SMILES string of the molecule is Cc1ccc(C(=O)Oc2ccc(N(C(=O)c3ccc(C)cc3)S(=O)(=O)c3cccs3)cc2)cc1. The minimum absolute atomic E-state index is 0.0443. The molecule has 0 unspecified atom stereocenters. The van der Waals surface area contributed by atoms with Crippen molar-refractivity contribution in [1.82, 2.24) is 0 Å². The van der Waals surface area contributed by atoms with Crippen LogP contribution in [0.4, 0.5) is 5.69 Å². The Kier molecular flexibility index (Phi) is 6.63. The van der Waals surface area contributed by atoms with E-state index in [4.69, 9.17) is 4.74 Å². The van der Waals surface area contributed by atoms with Crippen molar-refractivity contribution in [3.05, 3.63) is 113 Å². The first-order valence-corrected chi connectivity index (χ1v) is 12.7. The van der Waals surface area contributed by atoms with Crippen LogP contribution in [0, 0.1) is 13.8 Å². The summed E-state index contributed by atoms with van der Waals surface area (Å²) in [5.41, 5.74) is 2.73. The van der Waals surface area contributed by atoms with E-state index in [0.717, 1.165) is 26.8 Å². The molecule has 0 radical (unpaired) electrons. The Hall–Kier alpha value is -3.75. The number of nitrogens with zero attached hydrogens (tertiary/aromatic N) is 1. The predicted octanol–water partition coefficient (Wildman–Crippen LogP) is 5.62. The van der Waals surface area contributed by atoms with Crippen LogP contribution in [0.25, 0.3) is 0 Å².